The molecule has 0 saturated carbocycles. The fourth-order valence-corrected chi connectivity index (χ4v) is 5.54. The first-order valence-corrected chi connectivity index (χ1v) is 14.9. The SMILES string of the molecule is NCCCC(=O)Nc1cccc(CN2C(=O)CN(CCC(=O)O)C(=O)c3cc(-c4ccc(N5CCNCC5)cc4)ccc32)c1. The van der Waals surface area contributed by atoms with Crippen LogP contribution in [0.25, 0.3) is 11.1 Å². The summed E-state index contributed by atoms with van der Waals surface area (Å²) in [5, 5.41) is 15.5. The lowest BCUT2D eigenvalue weighted by atomic mass is 10.00. The Morgan fingerprint density at radius 1 is 0.932 bits per heavy atom. The Labute approximate surface area is 256 Å². The quantitative estimate of drug-likeness (QED) is 0.263. The summed E-state index contributed by atoms with van der Waals surface area (Å²) in [6, 6.07) is 20.9. The molecule has 11 nitrogen and oxygen atoms in total. The molecule has 2 aliphatic heterocycles. The molecule has 1 saturated heterocycles. The monoisotopic (exact) mass is 598 g/mol. The number of carboxylic acid groups (broad SMARTS) is 1. The van der Waals surface area contributed by atoms with Crippen molar-refractivity contribution in [2.45, 2.75) is 25.8 Å². The summed E-state index contributed by atoms with van der Waals surface area (Å²) in [7, 11) is 0. The van der Waals surface area contributed by atoms with Crippen LogP contribution in [-0.4, -0.2) is 79.5 Å². The molecule has 1 fully saturated rings. The molecule has 0 radical (unpaired) electrons. The van der Waals surface area contributed by atoms with E-state index in [0.29, 0.717) is 36.3 Å². The maximum Gasteiger partial charge on any atom is 0.305 e. The Bertz CT molecular complexity index is 1520. The third-order valence-electron chi connectivity index (χ3n) is 7.87. The first-order chi connectivity index (χ1) is 21.3. The first-order valence-electron chi connectivity index (χ1n) is 14.9. The van der Waals surface area contributed by atoms with Gasteiger partial charge < -0.3 is 36.2 Å². The average molecular weight is 599 g/mol. The van der Waals surface area contributed by atoms with Gasteiger partial charge in [0.25, 0.3) is 5.91 Å². The highest BCUT2D eigenvalue weighted by Crippen LogP contribution is 2.33. The minimum atomic E-state index is -1.05. The zero-order valence-electron chi connectivity index (χ0n) is 24.6. The van der Waals surface area contributed by atoms with Crippen LogP contribution in [0.15, 0.2) is 66.7 Å². The number of fused-ring (bicyclic) bond motifs is 1. The fourth-order valence-electron chi connectivity index (χ4n) is 5.54. The lowest BCUT2D eigenvalue weighted by Gasteiger charge is -2.29. The molecule has 3 aromatic rings. The van der Waals surface area contributed by atoms with Crippen LogP contribution in [0.1, 0.15) is 35.2 Å². The van der Waals surface area contributed by atoms with E-state index >= 15 is 0 Å². The van der Waals surface area contributed by atoms with Gasteiger partial charge in [0, 0.05) is 50.5 Å². The molecule has 5 rings (SSSR count). The number of benzene rings is 3. The minimum Gasteiger partial charge on any atom is -0.481 e. The summed E-state index contributed by atoms with van der Waals surface area (Å²) in [6.45, 7) is 4.02. The van der Waals surface area contributed by atoms with E-state index in [1.165, 1.54) is 4.90 Å². The van der Waals surface area contributed by atoms with Crippen molar-refractivity contribution in [1.82, 2.24) is 10.2 Å². The number of piperazine rings is 1. The number of nitrogens with zero attached hydrogens (tertiary/aromatic N) is 3. The zero-order valence-corrected chi connectivity index (χ0v) is 24.6. The lowest BCUT2D eigenvalue weighted by Crippen LogP contribution is -2.43. The van der Waals surface area contributed by atoms with E-state index in [-0.39, 0.29) is 37.9 Å². The Hall–Kier alpha value is -4.74. The number of hydrogen-bond acceptors (Lipinski definition) is 7. The summed E-state index contributed by atoms with van der Waals surface area (Å²) in [5.41, 5.74) is 10.5. The number of carboxylic acids is 1. The van der Waals surface area contributed by atoms with Crippen molar-refractivity contribution in [1.29, 1.82) is 0 Å². The molecule has 0 bridgehead atoms. The number of amides is 3. The summed E-state index contributed by atoms with van der Waals surface area (Å²) in [4.78, 5) is 56.2. The van der Waals surface area contributed by atoms with E-state index in [9.17, 15) is 24.3 Å². The van der Waals surface area contributed by atoms with Gasteiger partial charge in [-0.1, -0.05) is 30.3 Å². The van der Waals surface area contributed by atoms with Crippen molar-refractivity contribution >= 4 is 40.8 Å². The number of carbonyl (C=O) groups is 4. The summed E-state index contributed by atoms with van der Waals surface area (Å²) >= 11 is 0. The molecule has 0 atom stereocenters. The summed E-state index contributed by atoms with van der Waals surface area (Å²) in [5.74, 6) is -1.91. The van der Waals surface area contributed by atoms with Crippen molar-refractivity contribution in [3.8, 4) is 11.1 Å². The van der Waals surface area contributed by atoms with E-state index < -0.39 is 11.9 Å². The van der Waals surface area contributed by atoms with E-state index in [1.807, 2.05) is 24.3 Å². The predicted octanol–water partition coefficient (Wildman–Crippen LogP) is 2.90. The van der Waals surface area contributed by atoms with Crippen LogP contribution in [0.2, 0.25) is 0 Å². The Morgan fingerprint density at radius 2 is 1.68 bits per heavy atom. The van der Waals surface area contributed by atoms with Crippen LogP contribution in [-0.2, 0) is 20.9 Å². The molecule has 0 spiro atoms. The second kappa shape index (κ2) is 14.2. The van der Waals surface area contributed by atoms with Crippen LogP contribution in [0.3, 0.4) is 0 Å². The van der Waals surface area contributed by atoms with Crippen molar-refractivity contribution in [2.75, 3.05) is 60.9 Å². The van der Waals surface area contributed by atoms with Gasteiger partial charge >= 0.3 is 5.97 Å². The minimum absolute atomic E-state index is 0.0822. The highest BCUT2D eigenvalue weighted by molar-refractivity contribution is 6.10. The zero-order chi connectivity index (χ0) is 31.1. The number of rotatable bonds is 11. The molecule has 2 heterocycles. The van der Waals surface area contributed by atoms with Gasteiger partial charge in [0.2, 0.25) is 11.8 Å². The van der Waals surface area contributed by atoms with Gasteiger partial charge in [-0.2, -0.15) is 0 Å². The second-order valence-electron chi connectivity index (χ2n) is 11.0. The Morgan fingerprint density at radius 3 is 2.41 bits per heavy atom. The van der Waals surface area contributed by atoms with Crippen molar-refractivity contribution in [3.05, 3.63) is 77.9 Å². The van der Waals surface area contributed by atoms with Gasteiger partial charge in [-0.25, -0.2) is 0 Å². The van der Waals surface area contributed by atoms with E-state index in [4.69, 9.17) is 5.73 Å². The number of anilines is 3. The molecule has 2 aliphatic rings. The maximum absolute atomic E-state index is 13.8. The van der Waals surface area contributed by atoms with Crippen LogP contribution >= 0.6 is 0 Å². The summed E-state index contributed by atoms with van der Waals surface area (Å²) in [6.07, 6.45) is 0.626. The first kappa shape index (κ1) is 30.7. The lowest BCUT2D eigenvalue weighted by molar-refractivity contribution is -0.137. The number of hydrogen-bond donors (Lipinski definition) is 4. The molecule has 5 N–H and O–H groups in total. The molecule has 11 heteroatoms. The summed E-state index contributed by atoms with van der Waals surface area (Å²) < 4.78 is 0. The predicted molar refractivity (Wildman–Crippen MR) is 170 cm³/mol. The normalized spacial score (nSPS) is 15.2. The molecule has 230 valence electrons. The molecule has 3 aromatic carbocycles. The van der Waals surface area contributed by atoms with E-state index in [1.54, 1.807) is 35.2 Å². The number of nitrogens with one attached hydrogen (secondary N) is 2. The second-order valence-corrected chi connectivity index (χ2v) is 11.0. The number of nitrogens with two attached hydrogens (primary N) is 1. The number of aliphatic carboxylic acids is 1. The molecule has 44 heavy (non-hydrogen) atoms. The topological polar surface area (TPSA) is 148 Å². The van der Waals surface area contributed by atoms with Crippen LogP contribution in [0.4, 0.5) is 17.1 Å². The Balaban J connectivity index is 1.44. The van der Waals surface area contributed by atoms with Crippen molar-refractivity contribution in [2.24, 2.45) is 5.73 Å². The van der Waals surface area contributed by atoms with Gasteiger partial charge in [-0.15, -0.1) is 0 Å². The van der Waals surface area contributed by atoms with Gasteiger partial charge in [-0.05, 0) is 66.1 Å². The Kier molecular flexibility index (Phi) is 9.88. The van der Waals surface area contributed by atoms with Crippen molar-refractivity contribution in [3.63, 3.8) is 0 Å². The molecular weight excluding hydrogens is 560 g/mol. The maximum atomic E-state index is 13.8. The molecule has 0 aliphatic carbocycles. The largest absolute Gasteiger partial charge is 0.481 e. The van der Waals surface area contributed by atoms with Gasteiger partial charge in [0.1, 0.15) is 6.54 Å². The highest BCUT2D eigenvalue weighted by atomic mass is 16.4. The van der Waals surface area contributed by atoms with E-state index in [2.05, 4.69) is 27.7 Å². The molecule has 3 amide bonds. The fraction of sp³-hybridized carbons (Fsp3) is 0.333. The van der Waals surface area contributed by atoms with Crippen LogP contribution < -0.4 is 26.2 Å². The van der Waals surface area contributed by atoms with Crippen LogP contribution in [0, 0.1) is 0 Å². The smallest absolute Gasteiger partial charge is 0.305 e. The third kappa shape index (κ3) is 7.42. The highest BCUT2D eigenvalue weighted by Gasteiger charge is 2.32. The molecule has 0 unspecified atom stereocenters. The molecule has 0 aromatic heterocycles. The number of carbonyl (C=O) groups excluding carboxylic acids is 3. The van der Waals surface area contributed by atoms with Gasteiger partial charge in [0.05, 0.1) is 24.2 Å². The van der Waals surface area contributed by atoms with Gasteiger partial charge in [-0.3, -0.25) is 19.2 Å². The van der Waals surface area contributed by atoms with Crippen LogP contribution in [0.5, 0.6) is 0 Å². The molecular formula is C33H38N6O5. The average Bonchev–Trinajstić information content (AvgIpc) is 3.13. The third-order valence-corrected chi connectivity index (χ3v) is 7.87. The van der Waals surface area contributed by atoms with E-state index in [0.717, 1.165) is 48.6 Å². The standard InChI is InChI=1S/C33H38N6O5/c34-13-2-5-30(40)36-26-4-1-3-23(19-26)21-39-29-11-8-25(24-6-9-27(10-7-24)37-17-14-35-15-18-37)20-28(29)33(44)38(22-31(39)41)16-12-32(42)43/h1,3-4,6-11,19-20,35H,2,5,12-18,21-22,34H2,(H,36,40)(H,42,43). The van der Waals surface area contributed by atoms with Gasteiger partial charge in [0.15, 0.2) is 0 Å². The van der Waals surface area contributed by atoms with Crippen molar-refractivity contribution < 1.29 is 24.3 Å².